The highest BCUT2D eigenvalue weighted by Crippen LogP contribution is 2.24. The second kappa shape index (κ2) is 7.93. The van der Waals surface area contributed by atoms with Gasteiger partial charge in [-0.3, -0.25) is 0 Å². The minimum absolute atomic E-state index is 0.0200. The maximum Gasteiger partial charge on any atom is 0.335 e. The number of sulfonamides is 1. The molecule has 0 heterocycles. The molecule has 0 amide bonds. The molecular formula is C12H17NO7S. The average molecular weight is 319 g/mol. The molecule has 118 valence electrons. The lowest BCUT2D eigenvalue weighted by Crippen LogP contribution is -2.28. The smallest absolute Gasteiger partial charge is 0.335 e. The van der Waals surface area contributed by atoms with Gasteiger partial charge in [0.15, 0.2) is 0 Å². The number of carboxylic acids is 1. The molecule has 0 saturated carbocycles. The Balaban J connectivity index is 2.85. The third-order valence-corrected chi connectivity index (χ3v) is 3.97. The van der Waals surface area contributed by atoms with Crippen molar-refractivity contribution in [3.8, 4) is 5.75 Å². The Bertz CT molecular complexity index is 585. The Morgan fingerprint density at radius 2 is 2.05 bits per heavy atom. The first-order valence-electron chi connectivity index (χ1n) is 6.02. The lowest BCUT2D eigenvalue weighted by molar-refractivity contribution is 0.0696. The van der Waals surface area contributed by atoms with Gasteiger partial charge in [-0.15, -0.1) is 0 Å². The van der Waals surface area contributed by atoms with E-state index >= 15 is 0 Å². The van der Waals surface area contributed by atoms with Crippen LogP contribution in [0.4, 0.5) is 0 Å². The standard InChI is InChI=1S/C12H17NO7S/c1-19-10-8-9(12(15)16)2-3-11(10)21(17,18)13-4-6-20-7-5-14/h2-3,8,13-14H,4-7H2,1H3,(H,15,16). The number of hydrogen-bond acceptors (Lipinski definition) is 6. The van der Waals surface area contributed by atoms with Crippen LogP contribution in [0.25, 0.3) is 0 Å². The number of aliphatic hydroxyl groups excluding tert-OH is 1. The van der Waals surface area contributed by atoms with E-state index in [-0.39, 0.29) is 42.6 Å². The monoisotopic (exact) mass is 319 g/mol. The summed E-state index contributed by atoms with van der Waals surface area (Å²) in [5.74, 6) is -1.23. The number of rotatable bonds is 9. The molecule has 0 aromatic heterocycles. The number of carbonyl (C=O) groups is 1. The Morgan fingerprint density at radius 3 is 2.62 bits per heavy atom. The Kier molecular flexibility index (Phi) is 6.56. The molecule has 1 aromatic rings. The van der Waals surface area contributed by atoms with Gasteiger partial charge in [0.05, 0.1) is 32.5 Å². The number of methoxy groups -OCH3 is 1. The largest absolute Gasteiger partial charge is 0.495 e. The molecule has 0 aliphatic rings. The van der Waals surface area contributed by atoms with E-state index in [1.54, 1.807) is 0 Å². The highest BCUT2D eigenvalue weighted by Gasteiger charge is 2.20. The van der Waals surface area contributed by atoms with Crippen LogP contribution in [0, 0.1) is 0 Å². The molecule has 0 bridgehead atoms. The van der Waals surface area contributed by atoms with Crippen molar-refractivity contribution in [1.29, 1.82) is 0 Å². The van der Waals surface area contributed by atoms with Crippen molar-refractivity contribution in [2.75, 3.05) is 33.5 Å². The maximum absolute atomic E-state index is 12.1. The number of nitrogens with one attached hydrogen (secondary N) is 1. The topological polar surface area (TPSA) is 122 Å². The van der Waals surface area contributed by atoms with Gasteiger partial charge in [-0.1, -0.05) is 0 Å². The molecular weight excluding hydrogens is 302 g/mol. The molecule has 0 aliphatic carbocycles. The van der Waals surface area contributed by atoms with E-state index in [4.69, 9.17) is 19.7 Å². The summed E-state index contributed by atoms with van der Waals surface area (Å²) in [5.41, 5.74) is -0.0721. The van der Waals surface area contributed by atoms with Gasteiger partial charge in [0.1, 0.15) is 10.6 Å². The maximum atomic E-state index is 12.1. The summed E-state index contributed by atoms with van der Waals surface area (Å²) in [6, 6.07) is 3.49. The third-order valence-electron chi connectivity index (χ3n) is 2.47. The van der Waals surface area contributed by atoms with Crippen molar-refractivity contribution in [2.45, 2.75) is 4.90 Å². The lowest BCUT2D eigenvalue weighted by Gasteiger charge is -2.11. The predicted molar refractivity (Wildman–Crippen MR) is 73.0 cm³/mol. The van der Waals surface area contributed by atoms with Crippen molar-refractivity contribution in [3.63, 3.8) is 0 Å². The molecule has 0 spiro atoms. The van der Waals surface area contributed by atoms with Gasteiger partial charge in [0, 0.05) is 6.54 Å². The molecule has 0 aliphatic heterocycles. The summed E-state index contributed by atoms with van der Waals surface area (Å²) in [4.78, 5) is 10.7. The van der Waals surface area contributed by atoms with Crippen molar-refractivity contribution in [2.24, 2.45) is 0 Å². The van der Waals surface area contributed by atoms with Crippen LogP contribution < -0.4 is 9.46 Å². The van der Waals surface area contributed by atoms with Crippen molar-refractivity contribution in [3.05, 3.63) is 23.8 Å². The minimum Gasteiger partial charge on any atom is -0.495 e. The molecule has 9 heteroatoms. The normalized spacial score (nSPS) is 11.3. The van der Waals surface area contributed by atoms with Crippen LogP contribution in [0.1, 0.15) is 10.4 Å². The van der Waals surface area contributed by atoms with E-state index in [0.29, 0.717) is 0 Å². The van der Waals surface area contributed by atoms with Crippen LogP contribution in [0.2, 0.25) is 0 Å². The lowest BCUT2D eigenvalue weighted by atomic mass is 10.2. The van der Waals surface area contributed by atoms with Gasteiger partial charge in [-0.2, -0.15) is 0 Å². The predicted octanol–water partition coefficient (Wildman–Crippen LogP) is -0.319. The van der Waals surface area contributed by atoms with Crippen LogP contribution >= 0.6 is 0 Å². The second-order valence-electron chi connectivity index (χ2n) is 3.90. The molecule has 21 heavy (non-hydrogen) atoms. The van der Waals surface area contributed by atoms with Gasteiger partial charge < -0.3 is 19.7 Å². The van der Waals surface area contributed by atoms with Gasteiger partial charge in [0.2, 0.25) is 10.0 Å². The zero-order chi connectivity index (χ0) is 15.9. The van der Waals surface area contributed by atoms with E-state index in [1.807, 2.05) is 0 Å². The number of ether oxygens (including phenoxy) is 2. The molecule has 0 unspecified atom stereocenters. The first kappa shape index (κ1) is 17.4. The van der Waals surface area contributed by atoms with Gasteiger partial charge in [-0.25, -0.2) is 17.9 Å². The summed E-state index contributed by atoms with van der Waals surface area (Å²) >= 11 is 0. The zero-order valence-corrected chi connectivity index (χ0v) is 12.2. The van der Waals surface area contributed by atoms with Crippen LogP contribution in [0.3, 0.4) is 0 Å². The van der Waals surface area contributed by atoms with Gasteiger partial charge >= 0.3 is 5.97 Å². The van der Waals surface area contributed by atoms with E-state index < -0.39 is 16.0 Å². The highest BCUT2D eigenvalue weighted by molar-refractivity contribution is 7.89. The first-order chi connectivity index (χ1) is 9.92. The van der Waals surface area contributed by atoms with Crippen molar-refractivity contribution < 1.29 is 32.9 Å². The van der Waals surface area contributed by atoms with Crippen LogP contribution in [0.5, 0.6) is 5.75 Å². The molecule has 1 aromatic carbocycles. The number of aromatic carboxylic acids is 1. The molecule has 0 atom stereocenters. The molecule has 0 radical (unpaired) electrons. The van der Waals surface area contributed by atoms with E-state index in [2.05, 4.69) is 4.72 Å². The quantitative estimate of drug-likeness (QED) is 0.533. The summed E-state index contributed by atoms with van der Waals surface area (Å²) in [6.45, 7) is 0.108. The molecule has 1 rings (SSSR count). The first-order valence-corrected chi connectivity index (χ1v) is 7.50. The fourth-order valence-corrected chi connectivity index (χ4v) is 2.68. The zero-order valence-electron chi connectivity index (χ0n) is 11.4. The molecule has 0 saturated heterocycles. The minimum atomic E-state index is -3.84. The number of carboxylic acid groups (broad SMARTS) is 1. The number of aliphatic hydroxyl groups is 1. The Hall–Kier alpha value is -1.68. The SMILES string of the molecule is COc1cc(C(=O)O)ccc1S(=O)(=O)NCCOCCO. The number of benzene rings is 1. The van der Waals surface area contributed by atoms with Crippen LogP contribution in [-0.2, 0) is 14.8 Å². The second-order valence-corrected chi connectivity index (χ2v) is 5.64. The van der Waals surface area contributed by atoms with E-state index in [9.17, 15) is 13.2 Å². The summed E-state index contributed by atoms with van der Waals surface area (Å²) < 4.78 is 36.3. The van der Waals surface area contributed by atoms with Crippen molar-refractivity contribution in [1.82, 2.24) is 4.72 Å². The molecule has 8 nitrogen and oxygen atoms in total. The van der Waals surface area contributed by atoms with E-state index in [0.717, 1.165) is 6.07 Å². The molecule has 3 N–H and O–H groups in total. The van der Waals surface area contributed by atoms with Crippen molar-refractivity contribution >= 4 is 16.0 Å². The van der Waals surface area contributed by atoms with Gasteiger partial charge in [0.25, 0.3) is 0 Å². The van der Waals surface area contributed by atoms with E-state index in [1.165, 1.54) is 19.2 Å². The molecule has 0 fully saturated rings. The Morgan fingerprint density at radius 1 is 1.33 bits per heavy atom. The fourth-order valence-electron chi connectivity index (χ4n) is 1.52. The fraction of sp³-hybridized carbons (Fsp3) is 0.417. The van der Waals surface area contributed by atoms with Crippen LogP contribution in [0.15, 0.2) is 23.1 Å². The van der Waals surface area contributed by atoms with Gasteiger partial charge in [-0.05, 0) is 18.2 Å². The third kappa shape index (κ3) is 4.97. The summed E-state index contributed by atoms with van der Waals surface area (Å²) in [5, 5.41) is 17.4. The average Bonchev–Trinajstić information content (AvgIpc) is 2.46. The highest BCUT2D eigenvalue weighted by atomic mass is 32.2. The van der Waals surface area contributed by atoms with Crippen LogP contribution in [-0.4, -0.2) is 58.1 Å². The summed E-state index contributed by atoms with van der Waals surface area (Å²) in [7, 11) is -2.59. The Labute approximate surface area is 122 Å². The summed E-state index contributed by atoms with van der Waals surface area (Å²) in [6.07, 6.45) is 0. The number of hydrogen-bond donors (Lipinski definition) is 3.